The van der Waals surface area contributed by atoms with Crippen LogP contribution >= 0.6 is 0 Å². The fourth-order valence-corrected chi connectivity index (χ4v) is 5.85. The predicted molar refractivity (Wildman–Crippen MR) is 151 cm³/mol. The number of ether oxygens (including phenoxy) is 2. The molecule has 0 saturated heterocycles. The number of nitrogens with one attached hydrogen (secondary N) is 2. The average Bonchev–Trinajstić information content (AvgIpc) is 2.85. The van der Waals surface area contributed by atoms with Gasteiger partial charge >= 0.3 is 5.97 Å². The van der Waals surface area contributed by atoms with Crippen molar-refractivity contribution in [1.82, 2.24) is 10.0 Å². The van der Waals surface area contributed by atoms with Crippen molar-refractivity contribution in [2.24, 2.45) is 16.5 Å². The Kier molecular flexibility index (Phi) is 10.3. The summed E-state index contributed by atoms with van der Waals surface area (Å²) in [5.41, 5.74) is 14.8. The van der Waals surface area contributed by atoms with E-state index >= 15 is 0 Å². The number of aliphatic imine (C=N–C) groups is 1. The van der Waals surface area contributed by atoms with Crippen molar-refractivity contribution in [2.45, 2.75) is 82.9 Å². The number of nitrogens with two attached hydrogens (primary N) is 2. The molecule has 0 unspecified atom stereocenters. The second-order valence-corrected chi connectivity index (χ2v) is 11.8. The summed E-state index contributed by atoms with van der Waals surface area (Å²) in [6.07, 6.45) is 2.79. The minimum Gasteiger partial charge on any atom is -0.483 e. The monoisotopic (exact) mass is 563 g/mol. The van der Waals surface area contributed by atoms with Gasteiger partial charge in [-0.05, 0) is 76.1 Å². The molecule has 1 aliphatic heterocycles. The van der Waals surface area contributed by atoms with Crippen LogP contribution < -0.4 is 26.2 Å². The van der Waals surface area contributed by atoms with E-state index in [-0.39, 0.29) is 30.2 Å². The molecule has 1 aromatic rings. The van der Waals surface area contributed by atoms with Crippen LogP contribution in [0.25, 0.3) is 0 Å². The van der Waals surface area contributed by atoms with E-state index < -0.39 is 39.6 Å². The SMILES string of the molecule is C=CC[C@@H](NC(=O)[C@@H](N)CCCN=C(N)NS(=O)(=O)c1c(C)c(C)c2c(c1C)CC(=C)C(C)(C)O2)C(=O)OC. The second-order valence-electron chi connectivity index (χ2n) is 10.1. The van der Waals surface area contributed by atoms with Crippen molar-refractivity contribution in [2.75, 3.05) is 13.7 Å². The van der Waals surface area contributed by atoms with E-state index in [0.717, 1.165) is 16.7 Å². The Bertz CT molecular complexity index is 1290. The van der Waals surface area contributed by atoms with Crippen LogP contribution in [0, 0.1) is 20.8 Å². The van der Waals surface area contributed by atoms with Gasteiger partial charge in [0.1, 0.15) is 17.4 Å². The number of sulfonamides is 1. The molecule has 216 valence electrons. The highest BCUT2D eigenvalue weighted by molar-refractivity contribution is 7.90. The minimum atomic E-state index is -4.05. The molecule has 1 amide bonds. The molecule has 1 aliphatic rings. The maximum Gasteiger partial charge on any atom is 0.328 e. The van der Waals surface area contributed by atoms with Crippen LogP contribution in [0.15, 0.2) is 34.7 Å². The number of methoxy groups -OCH3 is 1. The number of fused-ring (bicyclic) bond motifs is 1. The van der Waals surface area contributed by atoms with E-state index in [2.05, 4.69) is 32.9 Å². The first-order chi connectivity index (χ1) is 18.1. The third kappa shape index (κ3) is 7.39. The quantitative estimate of drug-likeness (QED) is 0.104. The van der Waals surface area contributed by atoms with Crippen LogP contribution in [0.1, 0.15) is 55.4 Å². The summed E-state index contributed by atoms with van der Waals surface area (Å²) in [5, 5.41) is 2.53. The van der Waals surface area contributed by atoms with E-state index in [9.17, 15) is 18.0 Å². The smallest absolute Gasteiger partial charge is 0.328 e. The highest BCUT2D eigenvalue weighted by Crippen LogP contribution is 2.43. The summed E-state index contributed by atoms with van der Waals surface area (Å²) >= 11 is 0. The van der Waals surface area contributed by atoms with Gasteiger partial charge in [-0.2, -0.15) is 0 Å². The van der Waals surface area contributed by atoms with Gasteiger partial charge in [0.2, 0.25) is 11.9 Å². The maximum atomic E-state index is 13.3. The van der Waals surface area contributed by atoms with Gasteiger partial charge in [-0.1, -0.05) is 12.7 Å². The fraction of sp³-hybridized carbons (Fsp3) is 0.519. The molecule has 11 nitrogen and oxygen atoms in total. The first-order valence-electron chi connectivity index (χ1n) is 12.6. The number of esters is 1. The molecule has 0 aliphatic carbocycles. The Morgan fingerprint density at radius 1 is 1.23 bits per heavy atom. The molecule has 0 radical (unpaired) electrons. The molecule has 1 heterocycles. The Morgan fingerprint density at radius 2 is 1.87 bits per heavy atom. The first kappa shape index (κ1) is 31.8. The van der Waals surface area contributed by atoms with Gasteiger partial charge in [0.25, 0.3) is 10.0 Å². The zero-order chi connectivity index (χ0) is 29.7. The Morgan fingerprint density at radius 3 is 2.46 bits per heavy atom. The number of benzene rings is 1. The molecule has 12 heteroatoms. The van der Waals surface area contributed by atoms with E-state index in [4.69, 9.17) is 16.2 Å². The second kappa shape index (κ2) is 12.6. The molecule has 0 spiro atoms. The van der Waals surface area contributed by atoms with E-state index in [1.165, 1.54) is 13.2 Å². The normalized spacial score (nSPS) is 16.4. The largest absolute Gasteiger partial charge is 0.483 e. The number of carbonyl (C=O) groups is 2. The molecular formula is C27H41N5O6S. The van der Waals surface area contributed by atoms with Crippen LogP contribution in [-0.4, -0.2) is 57.6 Å². The molecule has 6 N–H and O–H groups in total. The number of rotatable bonds is 11. The molecule has 39 heavy (non-hydrogen) atoms. The van der Waals surface area contributed by atoms with Crippen molar-refractivity contribution in [3.63, 3.8) is 0 Å². The van der Waals surface area contributed by atoms with Gasteiger partial charge in [-0.3, -0.25) is 9.79 Å². The van der Waals surface area contributed by atoms with Gasteiger partial charge in [0, 0.05) is 18.5 Å². The number of hydrogen-bond acceptors (Lipinski definition) is 8. The van der Waals surface area contributed by atoms with Crippen LogP contribution in [-0.2, 0) is 30.8 Å². The topological polar surface area (TPSA) is 175 Å². The van der Waals surface area contributed by atoms with Gasteiger partial charge < -0.3 is 26.3 Å². The van der Waals surface area contributed by atoms with Crippen molar-refractivity contribution in [3.05, 3.63) is 47.1 Å². The van der Waals surface area contributed by atoms with Gasteiger partial charge in [0.15, 0.2) is 0 Å². The number of guanidine groups is 1. The third-order valence-electron chi connectivity index (χ3n) is 6.91. The summed E-state index contributed by atoms with van der Waals surface area (Å²) in [4.78, 5) is 28.3. The lowest BCUT2D eigenvalue weighted by atomic mass is 9.85. The van der Waals surface area contributed by atoms with Gasteiger partial charge in [-0.15, -0.1) is 6.58 Å². The Hall–Kier alpha value is -3.38. The van der Waals surface area contributed by atoms with E-state index in [0.29, 0.717) is 29.7 Å². The number of nitrogens with zero attached hydrogens (tertiary/aromatic N) is 1. The van der Waals surface area contributed by atoms with Crippen LogP contribution in [0.5, 0.6) is 5.75 Å². The lowest BCUT2D eigenvalue weighted by molar-refractivity contribution is -0.145. The summed E-state index contributed by atoms with van der Waals surface area (Å²) in [7, 11) is -2.83. The average molecular weight is 564 g/mol. The highest BCUT2D eigenvalue weighted by Gasteiger charge is 2.35. The summed E-state index contributed by atoms with van der Waals surface area (Å²) in [5.74, 6) is -0.707. The fourth-order valence-electron chi connectivity index (χ4n) is 4.33. The lowest BCUT2D eigenvalue weighted by Crippen LogP contribution is -2.48. The van der Waals surface area contributed by atoms with Crippen molar-refractivity contribution in [3.8, 4) is 5.75 Å². The van der Waals surface area contributed by atoms with Crippen molar-refractivity contribution < 1.29 is 27.5 Å². The molecular weight excluding hydrogens is 522 g/mol. The molecule has 0 aromatic heterocycles. The molecule has 2 atom stereocenters. The van der Waals surface area contributed by atoms with E-state index in [1.807, 2.05) is 20.8 Å². The van der Waals surface area contributed by atoms with Crippen molar-refractivity contribution in [1.29, 1.82) is 0 Å². The zero-order valence-corrected chi connectivity index (χ0v) is 24.5. The Balaban J connectivity index is 2.08. The predicted octanol–water partition coefficient (Wildman–Crippen LogP) is 1.82. The highest BCUT2D eigenvalue weighted by atomic mass is 32.2. The third-order valence-corrected chi connectivity index (χ3v) is 8.54. The summed E-state index contributed by atoms with van der Waals surface area (Å²) in [6, 6.07) is -1.77. The standard InChI is InChI=1S/C27H41N5O6S/c1-9-11-21(25(34)37-8)31-24(33)20(28)12-10-13-30-26(29)32-39(35,36)23-17(4)16(3)22-19(18(23)5)14-15(2)27(6,7)38-22/h9,20-21H,1-2,10-14,28H2,3-8H3,(H,31,33)(H3,29,30,32)/t20-,21+/m0/s1. The molecule has 0 fully saturated rings. The molecule has 0 saturated carbocycles. The Labute approximate surface area is 231 Å². The number of carbonyl (C=O) groups excluding carboxylic acids is 2. The zero-order valence-electron chi connectivity index (χ0n) is 23.6. The van der Waals surface area contributed by atoms with Gasteiger partial charge in [0.05, 0.1) is 18.0 Å². The molecule has 1 aromatic carbocycles. The molecule has 0 bridgehead atoms. The maximum absolute atomic E-state index is 13.3. The summed E-state index contributed by atoms with van der Waals surface area (Å²) in [6.45, 7) is 17.0. The first-order valence-corrected chi connectivity index (χ1v) is 14.1. The van der Waals surface area contributed by atoms with Crippen LogP contribution in [0.3, 0.4) is 0 Å². The van der Waals surface area contributed by atoms with E-state index in [1.54, 1.807) is 13.8 Å². The summed E-state index contributed by atoms with van der Waals surface area (Å²) < 4.78 is 39.9. The van der Waals surface area contributed by atoms with Gasteiger partial charge in [-0.25, -0.2) is 17.9 Å². The number of hydrogen-bond donors (Lipinski definition) is 4. The lowest BCUT2D eigenvalue weighted by Gasteiger charge is -2.37. The van der Waals surface area contributed by atoms with Crippen molar-refractivity contribution >= 4 is 27.9 Å². The van der Waals surface area contributed by atoms with Crippen LogP contribution in [0.2, 0.25) is 0 Å². The van der Waals surface area contributed by atoms with Crippen LogP contribution in [0.4, 0.5) is 0 Å². The number of amides is 1. The minimum absolute atomic E-state index is 0.131. The molecule has 2 rings (SSSR count).